The Morgan fingerprint density at radius 1 is 1.50 bits per heavy atom. The minimum absolute atomic E-state index is 0.145. The number of nitrogens with two attached hydrogens (primary N) is 1. The summed E-state index contributed by atoms with van der Waals surface area (Å²) in [5, 5.41) is 7.30. The van der Waals surface area contributed by atoms with Gasteiger partial charge in [0.15, 0.2) is 0 Å². The van der Waals surface area contributed by atoms with Crippen molar-refractivity contribution in [2.45, 2.75) is 19.9 Å². The summed E-state index contributed by atoms with van der Waals surface area (Å²) in [6.45, 7) is 3.42. The van der Waals surface area contributed by atoms with E-state index in [1.165, 1.54) is 4.90 Å². The second-order valence-corrected chi connectivity index (χ2v) is 4.91. The van der Waals surface area contributed by atoms with Crippen molar-refractivity contribution in [1.29, 1.82) is 0 Å². The number of primary amides is 1. The zero-order valence-corrected chi connectivity index (χ0v) is 10.4. The van der Waals surface area contributed by atoms with Crippen molar-refractivity contribution in [3.63, 3.8) is 0 Å². The Morgan fingerprint density at radius 2 is 2.12 bits per heavy atom. The van der Waals surface area contributed by atoms with Gasteiger partial charge in [0.25, 0.3) is 5.91 Å². The quantitative estimate of drug-likeness (QED) is 0.857. The van der Waals surface area contributed by atoms with Gasteiger partial charge in [0, 0.05) is 6.04 Å². The van der Waals surface area contributed by atoms with Gasteiger partial charge in [-0.05, 0) is 25.4 Å². The molecule has 8 heteroatoms. The number of carbonyl (C=O) groups excluding carboxylic acids is 2. The summed E-state index contributed by atoms with van der Waals surface area (Å²) in [6.07, 6.45) is 0. The van der Waals surface area contributed by atoms with E-state index in [1.807, 2.05) is 0 Å². The highest BCUT2D eigenvalue weighted by Gasteiger charge is 2.23. The molecule has 0 aliphatic carbocycles. The van der Waals surface area contributed by atoms with Gasteiger partial charge in [0.1, 0.15) is 0 Å². The van der Waals surface area contributed by atoms with Crippen molar-refractivity contribution in [3.05, 3.63) is 9.47 Å². The molecule has 0 radical (unpaired) electrons. The van der Waals surface area contributed by atoms with E-state index >= 15 is 0 Å². The summed E-state index contributed by atoms with van der Waals surface area (Å²) < 4.78 is 0.186. The van der Waals surface area contributed by atoms with Crippen LogP contribution in [0.1, 0.15) is 23.6 Å². The van der Waals surface area contributed by atoms with Crippen LogP contribution in [0.3, 0.4) is 0 Å². The Labute approximate surface area is 101 Å². The van der Waals surface area contributed by atoms with Crippen molar-refractivity contribution in [1.82, 2.24) is 15.1 Å². The zero-order valence-electron chi connectivity index (χ0n) is 8.81. The lowest BCUT2D eigenvalue weighted by atomic mass is 10.3. The van der Waals surface area contributed by atoms with Gasteiger partial charge in [-0.25, -0.2) is 0 Å². The van der Waals surface area contributed by atoms with E-state index in [0.29, 0.717) is 0 Å². The standard InChI is InChI=1S/C8H11ClN4O2S/c1-4(2)13(3-5(10)14)7(15)6-11-12-8(9)16-6/h4H,3H2,1-2H3,(H2,10,14). The largest absolute Gasteiger partial charge is 0.368 e. The van der Waals surface area contributed by atoms with Crippen LogP contribution < -0.4 is 5.73 Å². The maximum Gasteiger partial charge on any atom is 0.285 e. The normalized spacial score (nSPS) is 10.5. The molecule has 0 unspecified atom stereocenters. The molecule has 0 atom stereocenters. The number of halogens is 1. The Balaban J connectivity index is 2.87. The summed E-state index contributed by atoms with van der Waals surface area (Å²) >= 11 is 6.55. The fourth-order valence-corrected chi connectivity index (χ4v) is 1.86. The van der Waals surface area contributed by atoms with Crippen LogP contribution in [0.4, 0.5) is 0 Å². The number of hydrogen-bond acceptors (Lipinski definition) is 5. The maximum atomic E-state index is 11.9. The van der Waals surface area contributed by atoms with E-state index < -0.39 is 11.8 Å². The van der Waals surface area contributed by atoms with Gasteiger partial charge in [-0.2, -0.15) is 0 Å². The molecule has 0 aliphatic rings. The van der Waals surface area contributed by atoms with E-state index in [0.717, 1.165) is 11.3 Å². The smallest absolute Gasteiger partial charge is 0.285 e. The maximum absolute atomic E-state index is 11.9. The SMILES string of the molecule is CC(C)N(CC(N)=O)C(=O)c1nnc(Cl)s1. The van der Waals surface area contributed by atoms with Crippen molar-refractivity contribution in [2.24, 2.45) is 5.73 Å². The average Bonchev–Trinajstić information content (AvgIpc) is 2.59. The van der Waals surface area contributed by atoms with E-state index in [4.69, 9.17) is 17.3 Å². The molecule has 1 rings (SSSR count). The molecule has 88 valence electrons. The fraction of sp³-hybridized carbons (Fsp3) is 0.500. The summed E-state index contributed by atoms with van der Waals surface area (Å²) in [5.41, 5.74) is 5.06. The van der Waals surface area contributed by atoms with Crippen molar-refractivity contribution in [2.75, 3.05) is 6.54 Å². The number of nitrogens with zero attached hydrogens (tertiary/aromatic N) is 3. The topological polar surface area (TPSA) is 89.2 Å². The molecule has 0 bridgehead atoms. The Morgan fingerprint density at radius 3 is 2.50 bits per heavy atom. The van der Waals surface area contributed by atoms with Gasteiger partial charge >= 0.3 is 0 Å². The minimum Gasteiger partial charge on any atom is -0.368 e. The highest BCUT2D eigenvalue weighted by molar-refractivity contribution is 7.17. The molecular weight excluding hydrogens is 252 g/mol. The lowest BCUT2D eigenvalue weighted by molar-refractivity contribution is -0.119. The van der Waals surface area contributed by atoms with Crippen LogP contribution in [0, 0.1) is 0 Å². The molecule has 0 aromatic carbocycles. The summed E-state index contributed by atoms with van der Waals surface area (Å²) in [7, 11) is 0. The third-order valence-corrected chi connectivity index (χ3v) is 2.80. The van der Waals surface area contributed by atoms with Crippen LogP contribution in [0.15, 0.2) is 0 Å². The number of carbonyl (C=O) groups is 2. The van der Waals surface area contributed by atoms with Crippen molar-refractivity contribution < 1.29 is 9.59 Å². The van der Waals surface area contributed by atoms with Crippen molar-refractivity contribution in [3.8, 4) is 0 Å². The average molecular weight is 263 g/mol. The molecule has 2 N–H and O–H groups in total. The predicted octanol–water partition coefficient (Wildman–Crippen LogP) is 0.527. The number of hydrogen-bond donors (Lipinski definition) is 1. The molecule has 2 amide bonds. The highest BCUT2D eigenvalue weighted by atomic mass is 35.5. The monoisotopic (exact) mass is 262 g/mol. The third kappa shape index (κ3) is 3.14. The van der Waals surface area contributed by atoms with Gasteiger partial charge in [0.2, 0.25) is 15.4 Å². The van der Waals surface area contributed by atoms with Gasteiger partial charge < -0.3 is 10.6 Å². The molecule has 0 saturated heterocycles. The van der Waals surface area contributed by atoms with E-state index in [-0.39, 0.29) is 22.1 Å². The van der Waals surface area contributed by atoms with Gasteiger partial charge in [-0.3, -0.25) is 9.59 Å². The molecule has 1 aromatic heterocycles. The first kappa shape index (κ1) is 12.9. The third-order valence-electron chi connectivity index (χ3n) is 1.79. The molecule has 0 saturated carbocycles. The molecule has 0 spiro atoms. The summed E-state index contributed by atoms with van der Waals surface area (Å²) in [5.74, 6) is -0.962. The number of aromatic nitrogens is 2. The van der Waals surface area contributed by atoms with Crippen LogP contribution in [0.5, 0.6) is 0 Å². The predicted molar refractivity (Wildman–Crippen MR) is 60.3 cm³/mol. The second kappa shape index (κ2) is 5.22. The lowest BCUT2D eigenvalue weighted by Crippen LogP contribution is -2.42. The number of rotatable bonds is 4. The Hall–Kier alpha value is -1.21. The molecule has 0 fully saturated rings. The first-order chi connectivity index (χ1) is 7.41. The molecule has 1 aromatic rings. The van der Waals surface area contributed by atoms with Gasteiger partial charge in [-0.1, -0.05) is 11.3 Å². The first-order valence-corrected chi connectivity index (χ1v) is 5.69. The van der Waals surface area contributed by atoms with Crippen LogP contribution in [0.25, 0.3) is 0 Å². The van der Waals surface area contributed by atoms with Crippen LogP contribution in [-0.2, 0) is 4.79 Å². The molecule has 6 nitrogen and oxygen atoms in total. The van der Waals surface area contributed by atoms with E-state index in [2.05, 4.69) is 10.2 Å². The van der Waals surface area contributed by atoms with E-state index in [1.54, 1.807) is 13.8 Å². The fourth-order valence-electron chi connectivity index (χ4n) is 1.07. The van der Waals surface area contributed by atoms with Crippen LogP contribution in [0.2, 0.25) is 4.47 Å². The van der Waals surface area contributed by atoms with Crippen LogP contribution >= 0.6 is 22.9 Å². The summed E-state index contributed by atoms with van der Waals surface area (Å²) in [4.78, 5) is 24.0. The van der Waals surface area contributed by atoms with Gasteiger partial charge in [-0.15, -0.1) is 10.2 Å². The molecule has 16 heavy (non-hydrogen) atoms. The Kier molecular flexibility index (Phi) is 4.19. The lowest BCUT2D eigenvalue weighted by Gasteiger charge is -2.23. The second-order valence-electron chi connectivity index (χ2n) is 3.35. The Bertz CT molecular complexity index is 406. The minimum atomic E-state index is -0.572. The summed E-state index contributed by atoms with van der Waals surface area (Å²) in [6, 6.07) is -0.150. The molecule has 1 heterocycles. The molecule has 0 aliphatic heterocycles. The zero-order chi connectivity index (χ0) is 12.3. The first-order valence-electron chi connectivity index (χ1n) is 4.50. The molecular formula is C8H11ClN4O2S. The van der Waals surface area contributed by atoms with Gasteiger partial charge in [0.05, 0.1) is 6.54 Å². The highest BCUT2D eigenvalue weighted by Crippen LogP contribution is 2.17. The van der Waals surface area contributed by atoms with Crippen LogP contribution in [-0.4, -0.2) is 39.5 Å². The van der Waals surface area contributed by atoms with Crippen molar-refractivity contribution >= 4 is 34.8 Å². The van der Waals surface area contributed by atoms with E-state index in [9.17, 15) is 9.59 Å². The number of amides is 2.